The van der Waals surface area contributed by atoms with Crippen molar-refractivity contribution in [3.05, 3.63) is 83.7 Å². The molecule has 2 aliphatic heterocycles. The van der Waals surface area contributed by atoms with Gasteiger partial charge in [0, 0.05) is 78.6 Å². The number of urea groups is 1. The standard InChI is InChI=1S/C68H103N15O14/c1-14-43(8)59(51(95-12)38-55(87)82-36-22-26-50(82)60(96-13)44(9)62(88)73-49(61-76-78-79-77-61)37-45-23-17-15-18-24-45)80(10)66(92)57(41(4)5)75-65(91)58(42(6)7)81(11)68(94)97-39-46-28-30-47(31-29-46)71-63(89)48(25-21-34-70-67(69)93)72-64(90)56(40(2)3)74-52(84)27-19-16-20-35-83-53(85)32-33-54(83)86/h15,17-18,23-24,28-33,40-44,48-51,56-60H,14,16,19-22,25-27,34-39H2,1-13H3,(H,71,89)(H,72,90)(H,73,88)(H,74,84)(H,75,91)(H3,69,70,93)(H,76,77,78,79)/t43-,44+,48-,49-,50?,51+,56?,57-,58?,59-,60+/m0/s1. The van der Waals surface area contributed by atoms with Crippen molar-refractivity contribution < 1.29 is 67.0 Å². The van der Waals surface area contributed by atoms with Crippen molar-refractivity contribution in [3.8, 4) is 0 Å². The summed E-state index contributed by atoms with van der Waals surface area (Å²) >= 11 is 0. The molecule has 534 valence electrons. The number of unbranched alkanes of at least 4 members (excludes halogenated alkanes) is 2. The molecule has 11 atom stereocenters. The number of aromatic nitrogens is 4. The summed E-state index contributed by atoms with van der Waals surface area (Å²) in [4.78, 5) is 153. The summed E-state index contributed by atoms with van der Waals surface area (Å²) in [5.41, 5.74) is 7.07. The Labute approximate surface area is 568 Å². The first kappa shape index (κ1) is 78.8. The Bertz CT molecular complexity index is 3110. The Hall–Kier alpha value is -8.86. The number of hydrogen-bond donors (Lipinski definition) is 8. The van der Waals surface area contributed by atoms with Crippen LogP contribution in [0.2, 0.25) is 0 Å². The van der Waals surface area contributed by atoms with Crippen LogP contribution in [0.25, 0.3) is 0 Å². The van der Waals surface area contributed by atoms with E-state index < -0.39 is 114 Å². The smallest absolute Gasteiger partial charge is 0.410 e. The van der Waals surface area contributed by atoms with Crippen molar-refractivity contribution in [1.29, 1.82) is 0 Å². The van der Waals surface area contributed by atoms with E-state index in [1.807, 2.05) is 44.2 Å². The summed E-state index contributed by atoms with van der Waals surface area (Å²) in [6.45, 7) is 16.9. The molecule has 0 saturated carbocycles. The van der Waals surface area contributed by atoms with Gasteiger partial charge in [-0.3, -0.25) is 53.0 Å². The quantitative estimate of drug-likeness (QED) is 0.0289. The molecule has 29 nitrogen and oxygen atoms in total. The first-order valence-corrected chi connectivity index (χ1v) is 33.6. The predicted molar refractivity (Wildman–Crippen MR) is 360 cm³/mol. The Balaban J connectivity index is 1.18. The number of imide groups is 1. The minimum Gasteiger partial charge on any atom is -0.445 e. The van der Waals surface area contributed by atoms with Crippen LogP contribution in [-0.4, -0.2) is 202 Å². The predicted octanol–water partition coefficient (Wildman–Crippen LogP) is 4.45. The molecule has 1 fully saturated rings. The third kappa shape index (κ3) is 23.2. The number of likely N-dealkylation sites (N-methyl/N-ethyl adjacent to an activating group) is 2. The number of tetrazole rings is 1. The fourth-order valence-corrected chi connectivity index (χ4v) is 12.4. The van der Waals surface area contributed by atoms with Gasteiger partial charge in [-0.1, -0.05) is 123 Å². The van der Waals surface area contributed by atoms with Crippen LogP contribution in [0.3, 0.4) is 0 Å². The monoisotopic (exact) mass is 1350 g/mol. The van der Waals surface area contributed by atoms with E-state index in [9.17, 15) is 52.7 Å². The summed E-state index contributed by atoms with van der Waals surface area (Å²) in [5.74, 6) is -5.71. The van der Waals surface area contributed by atoms with Gasteiger partial charge in [0.15, 0.2) is 5.82 Å². The lowest BCUT2D eigenvalue weighted by Gasteiger charge is -2.41. The largest absolute Gasteiger partial charge is 0.445 e. The zero-order valence-electron chi connectivity index (χ0n) is 58.5. The summed E-state index contributed by atoms with van der Waals surface area (Å²) in [5, 5.41) is 31.3. The van der Waals surface area contributed by atoms with Crippen LogP contribution in [0.1, 0.15) is 150 Å². The van der Waals surface area contributed by atoms with Gasteiger partial charge in [0.05, 0.1) is 42.7 Å². The third-order valence-corrected chi connectivity index (χ3v) is 18.0. The molecule has 3 aromatic rings. The molecule has 0 aliphatic carbocycles. The second-order valence-corrected chi connectivity index (χ2v) is 26.1. The van der Waals surface area contributed by atoms with E-state index in [-0.39, 0.29) is 80.8 Å². The lowest BCUT2D eigenvalue weighted by atomic mass is 9.89. The number of nitrogens with one attached hydrogen (secondary N) is 7. The van der Waals surface area contributed by atoms with Gasteiger partial charge >= 0.3 is 12.1 Å². The Kier molecular flexibility index (Phi) is 31.5. The van der Waals surface area contributed by atoms with Crippen molar-refractivity contribution in [1.82, 2.24) is 66.8 Å². The van der Waals surface area contributed by atoms with Gasteiger partial charge in [0.1, 0.15) is 30.8 Å². The number of hydrogen-bond acceptors (Lipinski definition) is 17. The van der Waals surface area contributed by atoms with E-state index in [4.69, 9.17) is 19.9 Å². The molecule has 2 aromatic carbocycles. The molecule has 1 aromatic heterocycles. The van der Waals surface area contributed by atoms with Crippen LogP contribution >= 0.6 is 0 Å². The number of H-pyrrole nitrogens is 1. The molecule has 97 heavy (non-hydrogen) atoms. The average Bonchev–Trinajstić information content (AvgIpc) is 1.80. The average molecular weight is 1350 g/mol. The van der Waals surface area contributed by atoms with E-state index >= 15 is 0 Å². The van der Waals surface area contributed by atoms with E-state index in [1.54, 1.807) is 89.6 Å². The van der Waals surface area contributed by atoms with Crippen molar-refractivity contribution in [3.63, 3.8) is 0 Å². The lowest BCUT2D eigenvalue weighted by Crippen LogP contribution is -2.60. The molecular formula is C68H103N15O14. The van der Waals surface area contributed by atoms with Gasteiger partial charge in [0.25, 0.3) is 11.8 Å². The van der Waals surface area contributed by atoms with Crippen molar-refractivity contribution in [2.45, 2.75) is 194 Å². The highest BCUT2D eigenvalue weighted by atomic mass is 16.6. The topological polar surface area (TPSA) is 381 Å². The van der Waals surface area contributed by atoms with Gasteiger partial charge in [-0.2, -0.15) is 5.21 Å². The maximum atomic E-state index is 14.9. The summed E-state index contributed by atoms with van der Waals surface area (Å²) in [6, 6.07) is 9.30. The molecule has 12 amide bonds. The van der Waals surface area contributed by atoms with Crippen LogP contribution in [-0.2, 0) is 70.4 Å². The van der Waals surface area contributed by atoms with Gasteiger partial charge < -0.3 is 61.6 Å². The highest BCUT2D eigenvalue weighted by Gasteiger charge is 2.44. The van der Waals surface area contributed by atoms with Crippen LogP contribution in [0.4, 0.5) is 15.3 Å². The molecule has 2 aliphatic rings. The number of likely N-dealkylation sites (tertiary alicyclic amines) is 1. The fourth-order valence-electron chi connectivity index (χ4n) is 12.4. The molecular weight excluding hydrogens is 1250 g/mol. The number of primary amides is 1. The number of methoxy groups -OCH3 is 2. The van der Waals surface area contributed by atoms with E-state index in [1.165, 1.54) is 38.3 Å². The zero-order chi connectivity index (χ0) is 71.6. The summed E-state index contributed by atoms with van der Waals surface area (Å²) in [6.07, 6.45) is 4.26. The number of nitrogens with zero attached hydrogens (tertiary/aromatic N) is 7. The normalized spacial score (nSPS) is 16.9. The number of nitrogens with two attached hydrogens (primary N) is 1. The summed E-state index contributed by atoms with van der Waals surface area (Å²) in [7, 11) is 6.10. The Morgan fingerprint density at radius 1 is 0.732 bits per heavy atom. The highest BCUT2D eigenvalue weighted by Crippen LogP contribution is 2.31. The summed E-state index contributed by atoms with van der Waals surface area (Å²) < 4.78 is 17.9. The fraction of sp³-hybridized carbons (Fsp3) is 0.618. The number of ether oxygens (including phenoxy) is 3. The van der Waals surface area contributed by atoms with E-state index in [0.29, 0.717) is 68.6 Å². The number of anilines is 1. The molecule has 9 N–H and O–H groups in total. The van der Waals surface area contributed by atoms with Gasteiger partial charge in [-0.05, 0) is 85.5 Å². The molecule has 3 heterocycles. The lowest BCUT2D eigenvalue weighted by molar-refractivity contribution is -0.148. The maximum Gasteiger partial charge on any atom is 0.410 e. The number of rotatable bonds is 39. The van der Waals surface area contributed by atoms with E-state index in [2.05, 4.69) is 52.5 Å². The minimum atomic E-state index is -1.11. The minimum absolute atomic E-state index is 0.0834. The number of aromatic amines is 1. The second-order valence-electron chi connectivity index (χ2n) is 26.1. The van der Waals surface area contributed by atoms with Crippen molar-refractivity contribution in [2.75, 3.05) is 53.3 Å². The highest BCUT2D eigenvalue weighted by molar-refractivity contribution is 6.12. The van der Waals surface area contributed by atoms with Crippen LogP contribution < -0.4 is 37.6 Å². The molecule has 29 heteroatoms. The number of amides is 12. The number of carbonyl (C=O) groups excluding carboxylic acids is 11. The molecule has 1 saturated heterocycles. The van der Waals surface area contributed by atoms with Crippen molar-refractivity contribution in [2.24, 2.45) is 35.3 Å². The Morgan fingerprint density at radius 3 is 1.99 bits per heavy atom. The van der Waals surface area contributed by atoms with E-state index in [0.717, 1.165) is 10.5 Å². The zero-order valence-corrected chi connectivity index (χ0v) is 58.5. The van der Waals surface area contributed by atoms with Crippen LogP contribution in [0, 0.1) is 29.6 Å². The van der Waals surface area contributed by atoms with Crippen molar-refractivity contribution >= 4 is 71.0 Å². The van der Waals surface area contributed by atoms with Crippen LogP contribution in [0.5, 0.6) is 0 Å². The number of carbonyl (C=O) groups is 11. The second kappa shape index (κ2) is 38.8. The van der Waals surface area contributed by atoms with Gasteiger partial charge in [0.2, 0.25) is 41.4 Å². The molecule has 5 rings (SSSR count). The van der Waals surface area contributed by atoms with Crippen LogP contribution in [0.15, 0.2) is 66.7 Å². The Morgan fingerprint density at radius 2 is 1.40 bits per heavy atom. The maximum absolute atomic E-state index is 14.9. The molecule has 0 bridgehead atoms. The molecule has 0 spiro atoms. The first-order valence-electron chi connectivity index (χ1n) is 33.6. The first-order chi connectivity index (χ1) is 46.1. The molecule has 3 unspecified atom stereocenters. The van der Waals surface area contributed by atoms with Gasteiger partial charge in [-0.15, -0.1) is 10.2 Å². The SMILES string of the molecule is CC[C@H](C)[C@@H]([C@@H](CC(=O)N1CCCC1[C@H](OC)[C@@H](C)C(=O)N[C@@H](Cc1ccccc1)c1nn[nH]n1)OC)N(C)C(=O)[C@@H](NC(=O)C(C(C)C)N(C)C(=O)OCc1ccc(NC(=O)[C@H](CCCNC(N)=O)NC(=O)C(NC(=O)CCCCCN2C(=O)C=CC2=O)C(C)C)cc1)C(C)C. The van der Waals surface area contributed by atoms with Gasteiger partial charge in [-0.25, -0.2) is 9.59 Å². The number of benzene rings is 2. The molecule has 0 radical (unpaired) electrons. The third-order valence-electron chi connectivity index (χ3n) is 18.0.